The minimum atomic E-state index is -3.88. The zero-order valence-corrected chi connectivity index (χ0v) is 15.9. The Hall–Kier alpha value is -1.80. The highest BCUT2D eigenvalue weighted by atomic mass is 35.5. The SMILES string of the molecule is O=C(c1cc(Cl)ccc1NS(=O)(=O)c1ccc(Cl)cc1)N1CCOCC1. The number of anilines is 1. The second kappa shape index (κ2) is 7.84. The highest BCUT2D eigenvalue weighted by molar-refractivity contribution is 7.92. The van der Waals surface area contributed by atoms with Crippen molar-refractivity contribution < 1.29 is 17.9 Å². The number of hydrogen-bond acceptors (Lipinski definition) is 4. The molecule has 0 atom stereocenters. The molecule has 0 bridgehead atoms. The van der Waals surface area contributed by atoms with Crippen LogP contribution in [0.3, 0.4) is 0 Å². The summed E-state index contributed by atoms with van der Waals surface area (Å²) in [6.45, 7) is 1.76. The van der Waals surface area contributed by atoms with E-state index < -0.39 is 10.0 Å². The second-order valence-electron chi connectivity index (χ2n) is 5.65. The molecule has 1 saturated heterocycles. The van der Waals surface area contributed by atoms with Gasteiger partial charge >= 0.3 is 0 Å². The van der Waals surface area contributed by atoms with Crippen molar-refractivity contribution in [2.45, 2.75) is 4.90 Å². The van der Waals surface area contributed by atoms with E-state index in [0.717, 1.165) is 0 Å². The van der Waals surface area contributed by atoms with Crippen molar-refractivity contribution in [1.29, 1.82) is 0 Å². The molecule has 0 unspecified atom stereocenters. The van der Waals surface area contributed by atoms with Crippen molar-refractivity contribution >= 4 is 44.8 Å². The first-order valence-electron chi connectivity index (χ1n) is 7.82. The predicted molar refractivity (Wildman–Crippen MR) is 100 cm³/mol. The van der Waals surface area contributed by atoms with Crippen molar-refractivity contribution in [2.24, 2.45) is 0 Å². The number of ether oxygens (including phenoxy) is 1. The molecule has 1 heterocycles. The number of halogens is 2. The molecule has 9 heteroatoms. The third-order valence-electron chi connectivity index (χ3n) is 3.88. The van der Waals surface area contributed by atoms with Crippen molar-refractivity contribution in [1.82, 2.24) is 4.90 Å². The van der Waals surface area contributed by atoms with Crippen LogP contribution < -0.4 is 4.72 Å². The zero-order chi connectivity index (χ0) is 18.7. The van der Waals surface area contributed by atoms with Crippen LogP contribution in [0.25, 0.3) is 0 Å². The van der Waals surface area contributed by atoms with Gasteiger partial charge in [0.05, 0.1) is 29.4 Å². The summed E-state index contributed by atoms with van der Waals surface area (Å²) in [4.78, 5) is 14.4. The maximum absolute atomic E-state index is 12.8. The van der Waals surface area contributed by atoms with Gasteiger partial charge in [-0.1, -0.05) is 23.2 Å². The number of amides is 1. The highest BCUT2D eigenvalue weighted by Crippen LogP contribution is 2.26. The Morgan fingerprint density at radius 2 is 1.62 bits per heavy atom. The van der Waals surface area contributed by atoms with Gasteiger partial charge in [-0.25, -0.2) is 8.42 Å². The summed E-state index contributed by atoms with van der Waals surface area (Å²) >= 11 is 11.8. The maximum atomic E-state index is 12.8. The molecule has 6 nitrogen and oxygen atoms in total. The van der Waals surface area contributed by atoms with Crippen molar-refractivity contribution in [3.05, 3.63) is 58.1 Å². The van der Waals surface area contributed by atoms with E-state index >= 15 is 0 Å². The zero-order valence-electron chi connectivity index (χ0n) is 13.6. The van der Waals surface area contributed by atoms with Gasteiger partial charge in [-0.15, -0.1) is 0 Å². The predicted octanol–water partition coefficient (Wildman–Crippen LogP) is 3.27. The number of rotatable bonds is 4. The topological polar surface area (TPSA) is 75.7 Å². The molecule has 0 radical (unpaired) electrons. The molecule has 1 aliphatic heterocycles. The third-order valence-corrected chi connectivity index (χ3v) is 5.75. The summed E-state index contributed by atoms with van der Waals surface area (Å²) in [5, 5.41) is 0.773. The lowest BCUT2D eigenvalue weighted by Crippen LogP contribution is -2.41. The molecule has 1 amide bonds. The summed E-state index contributed by atoms with van der Waals surface area (Å²) in [6, 6.07) is 10.2. The lowest BCUT2D eigenvalue weighted by molar-refractivity contribution is 0.0303. The Morgan fingerprint density at radius 3 is 2.27 bits per heavy atom. The average molecular weight is 415 g/mol. The van der Waals surface area contributed by atoms with Gasteiger partial charge in [-0.3, -0.25) is 9.52 Å². The average Bonchev–Trinajstić information content (AvgIpc) is 2.63. The van der Waals surface area contributed by atoms with Crippen LogP contribution in [0.2, 0.25) is 10.0 Å². The molecule has 138 valence electrons. The fraction of sp³-hybridized carbons (Fsp3) is 0.235. The lowest BCUT2D eigenvalue weighted by atomic mass is 10.1. The van der Waals surface area contributed by atoms with Gasteiger partial charge in [0.1, 0.15) is 0 Å². The molecule has 1 N–H and O–H groups in total. The summed E-state index contributed by atoms with van der Waals surface area (Å²) in [6.07, 6.45) is 0. The number of nitrogens with zero attached hydrogens (tertiary/aromatic N) is 1. The minimum absolute atomic E-state index is 0.0432. The summed E-state index contributed by atoms with van der Waals surface area (Å²) < 4.78 is 32.9. The van der Waals surface area contributed by atoms with E-state index in [0.29, 0.717) is 36.3 Å². The largest absolute Gasteiger partial charge is 0.378 e. The van der Waals surface area contributed by atoms with Crippen LogP contribution in [-0.2, 0) is 14.8 Å². The van der Waals surface area contributed by atoms with Crippen LogP contribution in [0.4, 0.5) is 5.69 Å². The van der Waals surface area contributed by atoms with E-state index in [-0.39, 0.29) is 22.1 Å². The lowest BCUT2D eigenvalue weighted by Gasteiger charge is -2.27. The smallest absolute Gasteiger partial charge is 0.261 e. The second-order valence-corrected chi connectivity index (χ2v) is 8.21. The standard InChI is InChI=1S/C17H16Cl2N2O4S/c18-12-1-4-14(5-2-12)26(23,24)20-16-6-3-13(19)11-15(16)17(22)21-7-9-25-10-8-21/h1-6,11,20H,7-10H2. The Labute approximate surface area is 161 Å². The van der Waals surface area contributed by atoms with Crippen LogP contribution in [0.15, 0.2) is 47.4 Å². The molecular weight excluding hydrogens is 399 g/mol. The van der Waals surface area contributed by atoms with E-state index in [1.807, 2.05) is 0 Å². The van der Waals surface area contributed by atoms with Crippen LogP contribution in [0.1, 0.15) is 10.4 Å². The molecule has 26 heavy (non-hydrogen) atoms. The number of carbonyl (C=O) groups excluding carboxylic acids is 1. The Balaban J connectivity index is 1.92. The van der Waals surface area contributed by atoms with Crippen LogP contribution >= 0.6 is 23.2 Å². The van der Waals surface area contributed by atoms with Crippen LogP contribution in [-0.4, -0.2) is 45.5 Å². The fourth-order valence-corrected chi connectivity index (χ4v) is 3.91. The molecule has 3 rings (SSSR count). The first kappa shape index (κ1) is 19.0. The van der Waals surface area contributed by atoms with Gasteiger partial charge in [0.25, 0.3) is 15.9 Å². The van der Waals surface area contributed by atoms with E-state index in [9.17, 15) is 13.2 Å². The summed E-state index contributed by atoms with van der Waals surface area (Å²) in [7, 11) is -3.88. The van der Waals surface area contributed by atoms with Gasteiger partial charge < -0.3 is 9.64 Å². The number of sulfonamides is 1. The van der Waals surface area contributed by atoms with Crippen molar-refractivity contribution in [3.8, 4) is 0 Å². The van der Waals surface area contributed by atoms with Gasteiger partial charge in [0.15, 0.2) is 0 Å². The van der Waals surface area contributed by atoms with Gasteiger partial charge in [0.2, 0.25) is 0 Å². The molecule has 0 spiro atoms. The Morgan fingerprint density at radius 1 is 1.00 bits per heavy atom. The van der Waals surface area contributed by atoms with Gasteiger partial charge in [-0.2, -0.15) is 0 Å². The maximum Gasteiger partial charge on any atom is 0.261 e. The summed E-state index contributed by atoms with van der Waals surface area (Å²) in [5.74, 6) is -0.301. The van der Waals surface area contributed by atoms with Crippen molar-refractivity contribution in [3.63, 3.8) is 0 Å². The van der Waals surface area contributed by atoms with Crippen LogP contribution in [0.5, 0.6) is 0 Å². The highest BCUT2D eigenvalue weighted by Gasteiger charge is 2.24. The molecule has 0 aromatic heterocycles. The van der Waals surface area contributed by atoms with Gasteiger partial charge in [0, 0.05) is 23.1 Å². The van der Waals surface area contributed by atoms with E-state index in [1.165, 1.54) is 42.5 Å². The number of benzene rings is 2. The first-order valence-corrected chi connectivity index (χ1v) is 10.1. The third kappa shape index (κ3) is 4.29. The first-order chi connectivity index (χ1) is 12.4. The number of hydrogen-bond donors (Lipinski definition) is 1. The van der Waals surface area contributed by atoms with Crippen LogP contribution in [0, 0.1) is 0 Å². The Kier molecular flexibility index (Phi) is 5.72. The van der Waals surface area contributed by atoms with E-state index in [1.54, 1.807) is 4.90 Å². The van der Waals surface area contributed by atoms with E-state index in [4.69, 9.17) is 27.9 Å². The molecule has 0 aliphatic carbocycles. The Bertz CT molecular complexity index is 911. The number of nitrogens with one attached hydrogen (secondary N) is 1. The monoisotopic (exact) mass is 414 g/mol. The van der Waals surface area contributed by atoms with Crippen molar-refractivity contribution in [2.75, 3.05) is 31.0 Å². The normalized spacial score (nSPS) is 14.9. The molecular formula is C17H16Cl2N2O4S. The molecule has 1 fully saturated rings. The van der Waals surface area contributed by atoms with Gasteiger partial charge in [-0.05, 0) is 42.5 Å². The molecule has 1 aliphatic rings. The number of carbonyl (C=O) groups is 1. The molecule has 2 aromatic carbocycles. The minimum Gasteiger partial charge on any atom is -0.378 e. The summed E-state index contributed by atoms with van der Waals surface area (Å²) in [5.41, 5.74) is 0.359. The quantitative estimate of drug-likeness (QED) is 0.832. The fourth-order valence-electron chi connectivity index (χ4n) is 2.54. The molecule has 0 saturated carbocycles. The van der Waals surface area contributed by atoms with E-state index in [2.05, 4.69) is 4.72 Å². The number of morpholine rings is 1. The molecule has 2 aromatic rings.